The number of hydrogen-bond acceptors (Lipinski definition) is 5. The summed E-state index contributed by atoms with van der Waals surface area (Å²) in [4.78, 5) is 37.9. The third-order valence-electron chi connectivity index (χ3n) is 4.90. The van der Waals surface area contributed by atoms with Gasteiger partial charge in [-0.05, 0) is 45.4 Å². The normalized spacial score (nSPS) is 14.5. The molecule has 1 saturated heterocycles. The van der Waals surface area contributed by atoms with Crippen LogP contribution in [0.1, 0.15) is 42.7 Å². The number of aromatic nitrogens is 2. The Morgan fingerprint density at radius 1 is 1.33 bits per heavy atom. The average Bonchev–Trinajstić information content (AvgIpc) is 3.27. The fourth-order valence-corrected chi connectivity index (χ4v) is 3.46. The van der Waals surface area contributed by atoms with Crippen LogP contribution in [0.15, 0.2) is 30.5 Å². The second-order valence-corrected chi connectivity index (χ2v) is 7.27. The molecule has 0 spiro atoms. The molecule has 2 N–H and O–H groups in total. The minimum absolute atomic E-state index is 0.133. The van der Waals surface area contributed by atoms with E-state index in [1.807, 2.05) is 13.0 Å². The second-order valence-electron chi connectivity index (χ2n) is 7.27. The Labute approximate surface area is 175 Å². The number of anilines is 1. The fraction of sp³-hybridized carbons (Fsp3) is 0.429. The molecule has 3 amide bonds. The molecule has 1 atom stereocenters. The molecule has 3 rings (SSSR count). The van der Waals surface area contributed by atoms with Crippen LogP contribution < -0.4 is 10.6 Å². The summed E-state index contributed by atoms with van der Waals surface area (Å²) < 4.78 is 6.67. The Morgan fingerprint density at radius 3 is 2.83 bits per heavy atom. The Hall–Kier alpha value is -3.36. The number of benzene rings is 1. The van der Waals surface area contributed by atoms with Crippen molar-refractivity contribution >= 4 is 23.6 Å². The molecule has 2 aromatic rings. The Bertz CT molecular complexity index is 939. The van der Waals surface area contributed by atoms with E-state index in [0.29, 0.717) is 42.2 Å². The number of carbonyl (C=O) groups is 3. The summed E-state index contributed by atoms with van der Waals surface area (Å²) in [6, 6.07) is 6.64. The third kappa shape index (κ3) is 4.97. The molecule has 0 radical (unpaired) electrons. The first kappa shape index (κ1) is 21.4. The number of hydrogen-bond donors (Lipinski definition) is 2. The van der Waals surface area contributed by atoms with E-state index in [1.165, 1.54) is 6.20 Å². The van der Waals surface area contributed by atoms with Crippen molar-refractivity contribution in [3.8, 4) is 5.69 Å². The predicted molar refractivity (Wildman–Crippen MR) is 112 cm³/mol. The quantitative estimate of drug-likeness (QED) is 0.679. The number of esters is 1. The number of rotatable bonds is 7. The second kappa shape index (κ2) is 9.43. The lowest BCUT2D eigenvalue weighted by molar-refractivity contribution is -0.127. The first-order valence-corrected chi connectivity index (χ1v) is 10.1. The van der Waals surface area contributed by atoms with Crippen LogP contribution in [0.25, 0.3) is 5.69 Å². The van der Waals surface area contributed by atoms with Crippen molar-refractivity contribution in [3.63, 3.8) is 0 Å². The van der Waals surface area contributed by atoms with E-state index in [9.17, 15) is 14.4 Å². The number of nitrogens with zero attached hydrogens (tertiary/aromatic N) is 3. The smallest absolute Gasteiger partial charge is 0.341 e. The first-order valence-electron chi connectivity index (χ1n) is 10.1. The number of carbonyl (C=O) groups excluding carboxylic acids is 3. The summed E-state index contributed by atoms with van der Waals surface area (Å²) in [5, 5.41) is 9.93. The van der Waals surface area contributed by atoms with Crippen LogP contribution in [0.2, 0.25) is 0 Å². The largest absolute Gasteiger partial charge is 0.462 e. The van der Waals surface area contributed by atoms with Gasteiger partial charge in [0.25, 0.3) is 0 Å². The molecule has 30 heavy (non-hydrogen) atoms. The summed E-state index contributed by atoms with van der Waals surface area (Å²) in [6.45, 7) is 6.93. The highest BCUT2D eigenvalue weighted by molar-refractivity contribution is 5.91. The summed E-state index contributed by atoms with van der Waals surface area (Å²) in [5.41, 5.74) is 2.34. The van der Waals surface area contributed by atoms with Gasteiger partial charge in [-0.15, -0.1) is 0 Å². The lowest BCUT2D eigenvalue weighted by atomic mass is 10.2. The Kier molecular flexibility index (Phi) is 6.71. The fourth-order valence-electron chi connectivity index (χ4n) is 3.46. The van der Waals surface area contributed by atoms with Gasteiger partial charge in [0.05, 0.1) is 24.2 Å². The maximum absolute atomic E-state index is 12.3. The lowest BCUT2D eigenvalue weighted by Gasteiger charge is -2.21. The molecule has 1 aromatic carbocycles. The van der Waals surface area contributed by atoms with Crippen LogP contribution in [0, 0.1) is 6.92 Å². The Balaban J connectivity index is 1.63. The Morgan fingerprint density at radius 2 is 2.13 bits per heavy atom. The average molecular weight is 413 g/mol. The monoisotopic (exact) mass is 413 g/mol. The minimum atomic E-state index is -0.416. The van der Waals surface area contributed by atoms with E-state index in [2.05, 4.69) is 15.7 Å². The van der Waals surface area contributed by atoms with Gasteiger partial charge in [0.1, 0.15) is 5.56 Å². The third-order valence-corrected chi connectivity index (χ3v) is 4.90. The molecule has 9 nitrogen and oxygen atoms in total. The van der Waals surface area contributed by atoms with Crippen molar-refractivity contribution in [3.05, 3.63) is 41.7 Å². The highest BCUT2D eigenvalue weighted by Gasteiger charge is 2.22. The van der Waals surface area contributed by atoms with Gasteiger partial charge in [-0.25, -0.2) is 14.3 Å². The molecular weight excluding hydrogens is 386 g/mol. The molecule has 2 heterocycles. The highest BCUT2D eigenvalue weighted by atomic mass is 16.5. The van der Waals surface area contributed by atoms with Crippen molar-refractivity contribution in [2.75, 3.05) is 25.0 Å². The van der Waals surface area contributed by atoms with Crippen molar-refractivity contribution in [2.24, 2.45) is 0 Å². The van der Waals surface area contributed by atoms with Crippen molar-refractivity contribution in [1.29, 1.82) is 0 Å². The van der Waals surface area contributed by atoms with Gasteiger partial charge in [-0.3, -0.25) is 4.79 Å². The van der Waals surface area contributed by atoms with Crippen LogP contribution in [-0.2, 0) is 9.53 Å². The van der Waals surface area contributed by atoms with Crippen LogP contribution >= 0.6 is 0 Å². The zero-order valence-electron chi connectivity index (χ0n) is 17.5. The van der Waals surface area contributed by atoms with E-state index in [1.54, 1.807) is 41.6 Å². The summed E-state index contributed by atoms with van der Waals surface area (Å²) in [5.74, 6) is -0.283. The molecule has 1 aromatic heterocycles. The van der Waals surface area contributed by atoms with Crippen LogP contribution in [0.3, 0.4) is 0 Å². The van der Waals surface area contributed by atoms with Crippen molar-refractivity contribution < 1.29 is 19.1 Å². The molecule has 0 saturated carbocycles. The number of nitrogens with one attached hydrogen (secondary N) is 2. The van der Waals surface area contributed by atoms with Crippen LogP contribution in [-0.4, -0.2) is 58.3 Å². The molecule has 160 valence electrons. The summed E-state index contributed by atoms with van der Waals surface area (Å²) in [6.07, 6.45) is 2.92. The number of amides is 3. The molecule has 1 aliphatic heterocycles. The highest BCUT2D eigenvalue weighted by Crippen LogP contribution is 2.19. The minimum Gasteiger partial charge on any atom is -0.462 e. The summed E-state index contributed by atoms with van der Waals surface area (Å²) in [7, 11) is 0. The SMILES string of the molecule is CCOC(=O)c1cnn(-c2cccc(NC(=O)N[C@H](C)CN3CCCC3=O)c2)c1C. The van der Waals surface area contributed by atoms with E-state index in [0.717, 1.165) is 13.0 Å². The van der Waals surface area contributed by atoms with Gasteiger partial charge in [0.15, 0.2) is 0 Å². The number of ether oxygens (including phenoxy) is 1. The molecule has 0 unspecified atom stereocenters. The molecular formula is C21H27N5O4. The van der Waals surface area contributed by atoms with E-state index in [4.69, 9.17) is 4.74 Å². The maximum atomic E-state index is 12.3. The van der Waals surface area contributed by atoms with Gasteiger partial charge in [-0.1, -0.05) is 6.07 Å². The summed E-state index contributed by atoms with van der Waals surface area (Å²) >= 11 is 0. The van der Waals surface area contributed by atoms with Crippen LogP contribution in [0.5, 0.6) is 0 Å². The van der Waals surface area contributed by atoms with E-state index < -0.39 is 5.97 Å². The molecule has 1 aliphatic rings. The zero-order valence-corrected chi connectivity index (χ0v) is 17.5. The van der Waals surface area contributed by atoms with Gasteiger partial charge in [-0.2, -0.15) is 5.10 Å². The first-order chi connectivity index (χ1) is 14.4. The number of urea groups is 1. The van der Waals surface area contributed by atoms with Crippen molar-refractivity contribution in [2.45, 2.75) is 39.7 Å². The van der Waals surface area contributed by atoms with Crippen LogP contribution in [0.4, 0.5) is 10.5 Å². The molecule has 9 heteroatoms. The predicted octanol–water partition coefficient (Wildman–Crippen LogP) is 2.49. The standard InChI is InChI=1S/C21H27N5O4/c1-4-30-20(28)18-12-22-26(15(18)3)17-8-5-7-16(11-17)24-21(29)23-14(2)13-25-10-6-9-19(25)27/h5,7-8,11-12,14H,4,6,9-10,13H2,1-3H3,(H2,23,24,29)/t14-/m1/s1. The maximum Gasteiger partial charge on any atom is 0.341 e. The van der Waals surface area contributed by atoms with Gasteiger partial charge >= 0.3 is 12.0 Å². The molecule has 0 bridgehead atoms. The topological polar surface area (TPSA) is 106 Å². The van der Waals surface area contributed by atoms with E-state index in [-0.39, 0.29) is 18.0 Å². The van der Waals surface area contributed by atoms with Gasteiger partial charge < -0.3 is 20.3 Å². The lowest BCUT2D eigenvalue weighted by Crippen LogP contribution is -2.44. The van der Waals surface area contributed by atoms with Crippen molar-refractivity contribution in [1.82, 2.24) is 20.0 Å². The van der Waals surface area contributed by atoms with Gasteiger partial charge in [0, 0.05) is 31.2 Å². The number of likely N-dealkylation sites (tertiary alicyclic amines) is 1. The molecule has 1 fully saturated rings. The zero-order chi connectivity index (χ0) is 21.7. The molecule has 0 aliphatic carbocycles. The van der Waals surface area contributed by atoms with Gasteiger partial charge in [0.2, 0.25) is 5.91 Å². The van der Waals surface area contributed by atoms with E-state index >= 15 is 0 Å².